The molecule has 4 heterocycles. The van der Waals surface area contributed by atoms with Crippen molar-refractivity contribution in [2.24, 2.45) is 7.05 Å². The minimum atomic E-state index is 0.338. The van der Waals surface area contributed by atoms with Crippen molar-refractivity contribution in [2.45, 2.75) is 20.5 Å². The number of aromatic nitrogens is 6. The molecule has 5 rings (SSSR count). The molecular formula is C20H18N6O2. The molecule has 28 heavy (non-hydrogen) atoms. The van der Waals surface area contributed by atoms with Gasteiger partial charge in [-0.05, 0) is 49.2 Å². The highest BCUT2D eigenvalue weighted by atomic mass is 16.5. The summed E-state index contributed by atoms with van der Waals surface area (Å²) >= 11 is 0. The average Bonchev–Trinajstić information content (AvgIpc) is 3.40. The molecule has 0 fully saturated rings. The first-order valence-corrected chi connectivity index (χ1v) is 8.91. The zero-order valence-corrected chi connectivity index (χ0v) is 15.7. The highest BCUT2D eigenvalue weighted by Gasteiger charge is 2.15. The van der Waals surface area contributed by atoms with Gasteiger partial charge in [0.2, 0.25) is 5.82 Å². The Morgan fingerprint density at radius 1 is 1.07 bits per heavy atom. The van der Waals surface area contributed by atoms with Crippen molar-refractivity contribution in [3.05, 3.63) is 59.7 Å². The molecule has 0 aliphatic rings. The quantitative estimate of drug-likeness (QED) is 0.479. The van der Waals surface area contributed by atoms with E-state index in [-0.39, 0.29) is 0 Å². The Morgan fingerprint density at radius 3 is 2.82 bits per heavy atom. The Hall–Kier alpha value is -3.68. The summed E-state index contributed by atoms with van der Waals surface area (Å²) in [6, 6.07) is 9.75. The molecule has 0 saturated carbocycles. The lowest BCUT2D eigenvalue weighted by atomic mass is 10.1. The summed E-state index contributed by atoms with van der Waals surface area (Å²) < 4.78 is 15.1. The Bertz CT molecular complexity index is 1310. The topological polar surface area (TPSA) is 83.3 Å². The smallest absolute Gasteiger partial charge is 0.217 e. The third kappa shape index (κ3) is 2.70. The number of hydrogen-bond acceptors (Lipinski definition) is 6. The van der Waals surface area contributed by atoms with Crippen molar-refractivity contribution in [3.8, 4) is 17.3 Å². The van der Waals surface area contributed by atoms with Crippen molar-refractivity contribution >= 4 is 16.7 Å². The van der Waals surface area contributed by atoms with Crippen LogP contribution in [0, 0.1) is 13.8 Å². The van der Waals surface area contributed by atoms with Gasteiger partial charge in [-0.15, -0.1) is 5.10 Å². The van der Waals surface area contributed by atoms with Crippen LogP contribution in [-0.4, -0.2) is 29.4 Å². The fraction of sp³-hybridized carbons (Fsp3) is 0.200. The van der Waals surface area contributed by atoms with Gasteiger partial charge < -0.3 is 9.15 Å². The van der Waals surface area contributed by atoms with Crippen LogP contribution in [0.3, 0.4) is 0 Å². The minimum Gasteiger partial charge on any atom is -0.486 e. The monoisotopic (exact) mass is 374 g/mol. The minimum absolute atomic E-state index is 0.338. The molecule has 5 aromatic rings. The van der Waals surface area contributed by atoms with E-state index in [1.54, 1.807) is 21.7 Å². The number of fused-ring (bicyclic) bond motifs is 3. The molecule has 0 radical (unpaired) electrons. The molecule has 0 unspecified atom stereocenters. The first kappa shape index (κ1) is 16.5. The van der Waals surface area contributed by atoms with Gasteiger partial charge >= 0.3 is 0 Å². The van der Waals surface area contributed by atoms with E-state index in [1.165, 1.54) is 11.1 Å². The van der Waals surface area contributed by atoms with Crippen LogP contribution in [0.25, 0.3) is 28.3 Å². The van der Waals surface area contributed by atoms with Crippen LogP contribution in [0.1, 0.15) is 16.9 Å². The van der Waals surface area contributed by atoms with E-state index in [9.17, 15) is 0 Å². The molecule has 4 aromatic heterocycles. The van der Waals surface area contributed by atoms with Crippen LogP contribution in [0.2, 0.25) is 0 Å². The maximum Gasteiger partial charge on any atom is 0.217 e. The second-order valence-electron chi connectivity index (χ2n) is 6.75. The summed E-state index contributed by atoms with van der Waals surface area (Å²) in [6.45, 7) is 4.48. The van der Waals surface area contributed by atoms with Gasteiger partial charge in [-0.1, -0.05) is 6.07 Å². The lowest BCUT2D eigenvalue weighted by Crippen LogP contribution is -1.95. The van der Waals surface area contributed by atoms with Gasteiger partial charge in [0.1, 0.15) is 24.4 Å². The molecule has 0 saturated heterocycles. The molecule has 1 aromatic carbocycles. The number of ether oxygens (including phenoxy) is 1. The van der Waals surface area contributed by atoms with E-state index in [2.05, 4.69) is 34.0 Å². The lowest BCUT2D eigenvalue weighted by Gasteiger charge is -2.06. The van der Waals surface area contributed by atoms with E-state index >= 15 is 0 Å². The number of furan rings is 1. The van der Waals surface area contributed by atoms with Crippen molar-refractivity contribution in [3.63, 3.8) is 0 Å². The number of benzene rings is 1. The molecule has 0 aliphatic heterocycles. The molecule has 0 bridgehead atoms. The fourth-order valence-electron chi connectivity index (χ4n) is 3.08. The van der Waals surface area contributed by atoms with Gasteiger partial charge in [0.15, 0.2) is 17.1 Å². The zero-order valence-electron chi connectivity index (χ0n) is 15.7. The number of rotatable bonds is 4. The summed E-state index contributed by atoms with van der Waals surface area (Å²) in [4.78, 5) is 8.97. The third-order valence-corrected chi connectivity index (χ3v) is 4.81. The van der Waals surface area contributed by atoms with Gasteiger partial charge in [0.05, 0.1) is 11.6 Å². The highest BCUT2D eigenvalue weighted by Crippen LogP contribution is 2.24. The van der Waals surface area contributed by atoms with Crippen LogP contribution < -0.4 is 4.74 Å². The first-order valence-electron chi connectivity index (χ1n) is 8.91. The summed E-state index contributed by atoms with van der Waals surface area (Å²) in [6.07, 6.45) is 3.36. The van der Waals surface area contributed by atoms with Crippen LogP contribution in [-0.2, 0) is 13.7 Å². The van der Waals surface area contributed by atoms with E-state index in [1.807, 2.05) is 37.4 Å². The summed E-state index contributed by atoms with van der Waals surface area (Å²) in [5, 5.41) is 9.54. The average molecular weight is 374 g/mol. The van der Waals surface area contributed by atoms with E-state index in [0.29, 0.717) is 29.6 Å². The van der Waals surface area contributed by atoms with E-state index in [4.69, 9.17) is 9.15 Å². The largest absolute Gasteiger partial charge is 0.486 e. The van der Waals surface area contributed by atoms with Crippen molar-refractivity contribution in [1.82, 2.24) is 29.4 Å². The molecule has 0 atom stereocenters. The van der Waals surface area contributed by atoms with E-state index in [0.717, 1.165) is 16.8 Å². The highest BCUT2D eigenvalue weighted by molar-refractivity contribution is 5.88. The van der Waals surface area contributed by atoms with Gasteiger partial charge in [-0.2, -0.15) is 5.10 Å². The Kier molecular flexibility index (Phi) is 3.65. The molecule has 8 nitrogen and oxygen atoms in total. The van der Waals surface area contributed by atoms with Crippen LogP contribution in [0.15, 0.2) is 47.3 Å². The number of nitrogens with zero attached hydrogens (tertiary/aromatic N) is 6. The summed E-state index contributed by atoms with van der Waals surface area (Å²) in [5.74, 6) is 2.60. The molecule has 0 amide bonds. The predicted octanol–water partition coefficient (Wildman–Crippen LogP) is 3.47. The van der Waals surface area contributed by atoms with E-state index < -0.39 is 0 Å². The molecule has 8 heteroatoms. The first-order chi connectivity index (χ1) is 13.6. The van der Waals surface area contributed by atoms with Crippen LogP contribution >= 0.6 is 0 Å². The van der Waals surface area contributed by atoms with Crippen molar-refractivity contribution in [2.75, 3.05) is 0 Å². The predicted molar refractivity (Wildman–Crippen MR) is 103 cm³/mol. The standard InChI is InChI=1S/C20H18N6O2/c1-12-4-5-14(8-13(12)2)27-10-15-6-7-17(28-15)18-23-20-16-9-22-25(3)19(16)21-11-26(20)24-18/h4-9,11H,10H2,1-3H3. The second kappa shape index (κ2) is 6.19. The molecular weight excluding hydrogens is 356 g/mol. The maximum atomic E-state index is 5.89. The second-order valence-corrected chi connectivity index (χ2v) is 6.75. The van der Waals surface area contributed by atoms with Gasteiger partial charge in [0, 0.05) is 7.05 Å². The lowest BCUT2D eigenvalue weighted by molar-refractivity contribution is 0.271. The Morgan fingerprint density at radius 2 is 1.96 bits per heavy atom. The fourth-order valence-corrected chi connectivity index (χ4v) is 3.08. The Balaban J connectivity index is 1.41. The Labute approximate surface area is 160 Å². The van der Waals surface area contributed by atoms with Crippen molar-refractivity contribution < 1.29 is 9.15 Å². The molecule has 140 valence electrons. The van der Waals surface area contributed by atoms with Gasteiger partial charge in [0.25, 0.3) is 0 Å². The zero-order chi connectivity index (χ0) is 19.3. The van der Waals surface area contributed by atoms with Gasteiger partial charge in [-0.3, -0.25) is 4.68 Å². The molecule has 0 spiro atoms. The molecule has 0 aliphatic carbocycles. The van der Waals surface area contributed by atoms with Crippen molar-refractivity contribution in [1.29, 1.82) is 0 Å². The summed E-state index contributed by atoms with van der Waals surface area (Å²) in [7, 11) is 1.84. The number of hydrogen-bond donors (Lipinski definition) is 0. The number of aryl methyl sites for hydroxylation is 3. The summed E-state index contributed by atoms with van der Waals surface area (Å²) in [5.41, 5.74) is 3.88. The maximum absolute atomic E-state index is 5.89. The normalized spacial score (nSPS) is 11.5. The van der Waals surface area contributed by atoms with Gasteiger partial charge in [-0.25, -0.2) is 14.5 Å². The molecule has 0 N–H and O–H groups in total. The van der Waals surface area contributed by atoms with Crippen LogP contribution in [0.4, 0.5) is 0 Å². The third-order valence-electron chi connectivity index (χ3n) is 4.81. The van der Waals surface area contributed by atoms with Crippen LogP contribution in [0.5, 0.6) is 5.75 Å². The SMILES string of the molecule is Cc1ccc(OCc2ccc(-c3nc4c5cnn(C)c5ncn4n3)o2)cc1C.